The Hall–Kier alpha value is -1.87. The van der Waals surface area contributed by atoms with Gasteiger partial charge in [0, 0.05) is 24.7 Å². The van der Waals surface area contributed by atoms with E-state index in [1.807, 2.05) is 18.4 Å². The average molecular weight is 276 g/mol. The van der Waals surface area contributed by atoms with Crippen molar-refractivity contribution in [1.29, 1.82) is 5.26 Å². The van der Waals surface area contributed by atoms with Gasteiger partial charge in [0.2, 0.25) is 0 Å². The van der Waals surface area contributed by atoms with Gasteiger partial charge in [-0.25, -0.2) is 4.98 Å². The molecule has 1 saturated heterocycles. The van der Waals surface area contributed by atoms with E-state index in [0.717, 1.165) is 38.0 Å². The van der Waals surface area contributed by atoms with Crippen LogP contribution in [0, 0.1) is 18.3 Å². The maximum atomic E-state index is 12.1. The van der Waals surface area contributed by atoms with E-state index in [-0.39, 0.29) is 11.5 Å². The third-order valence-electron chi connectivity index (χ3n) is 2.95. The second-order valence-corrected chi connectivity index (χ2v) is 5.32. The molecule has 1 fully saturated rings. The van der Waals surface area contributed by atoms with Crippen LogP contribution >= 0.6 is 11.3 Å². The molecule has 1 aromatic heterocycles. The molecule has 1 N–H and O–H groups in total. The Morgan fingerprint density at radius 1 is 1.53 bits per heavy atom. The number of carbonyl (C=O) groups is 1. The largest absolute Gasteiger partial charge is 0.338 e. The van der Waals surface area contributed by atoms with Crippen LogP contribution in [0.4, 0.5) is 5.13 Å². The van der Waals surface area contributed by atoms with E-state index in [1.54, 1.807) is 4.90 Å². The Balaban J connectivity index is 2.02. The zero-order valence-electron chi connectivity index (χ0n) is 10.8. The third-order valence-corrected chi connectivity index (χ3v) is 3.84. The van der Waals surface area contributed by atoms with Crippen molar-refractivity contribution in [2.75, 3.05) is 18.4 Å². The van der Waals surface area contributed by atoms with Crippen LogP contribution in [0.2, 0.25) is 0 Å². The second kappa shape index (κ2) is 6.34. The van der Waals surface area contributed by atoms with Crippen molar-refractivity contribution in [2.45, 2.75) is 26.2 Å². The summed E-state index contributed by atoms with van der Waals surface area (Å²) in [7, 11) is 0. The minimum atomic E-state index is -0.192. The van der Waals surface area contributed by atoms with Crippen molar-refractivity contribution in [3.8, 4) is 6.07 Å². The summed E-state index contributed by atoms with van der Waals surface area (Å²) < 4.78 is 0. The van der Waals surface area contributed by atoms with E-state index in [2.05, 4.69) is 10.3 Å². The number of piperidine rings is 1. The van der Waals surface area contributed by atoms with Gasteiger partial charge in [0.05, 0.1) is 5.69 Å². The molecule has 0 radical (unpaired) electrons. The van der Waals surface area contributed by atoms with E-state index in [4.69, 9.17) is 5.26 Å². The number of carbonyl (C=O) groups excluding carboxylic acids is 1. The molecule has 1 aliphatic rings. The smallest absolute Gasteiger partial charge is 0.266 e. The maximum absolute atomic E-state index is 12.1. The third kappa shape index (κ3) is 3.55. The molecule has 0 atom stereocenters. The fourth-order valence-electron chi connectivity index (χ4n) is 1.96. The van der Waals surface area contributed by atoms with Gasteiger partial charge in [0.15, 0.2) is 5.13 Å². The predicted molar refractivity (Wildman–Crippen MR) is 74.6 cm³/mol. The summed E-state index contributed by atoms with van der Waals surface area (Å²) in [5.74, 6) is -0.192. The number of nitrogens with zero attached hydrogens (tertiary/aromatic N) is 3. The first-order chi connectivity index (χ1) is 9.20. The standard InChI is InChI=1S/C13H16N4OS/c1-10-9-19-13(16-10)15-8-11(7-14)12(18)17-5-3-2-4-6-17/h8-9H,2-6H2,1H3,(H,15,16)/b11-8-. The zero-order chi connectivity index (χ0) is 13.7. The molecule has 0 aromatic carbocycles. The summed E-state index contributed by atoms with van der Waals surface area (Å²) >= 11 is 1.45. The van der Waals surface area contributed by atoms with Crippen LogP contribution in [-0.4, -0.2) is 28.9 Å². The van der Waals surface area contributed by atoms with Gasteiger partial charge in [-0.2, -0.15) is 5.26 Å². The summed E-state index contributed by atoms with van der Waals surface area (Å²) in [4.78, 5) is 18.1. The summed E-state index contributed by atoms with van der Waals surface area (Å²) in [6.45, 7) is 3.39. The first-order valence-electron chi connectivity index (χ1n) is 6.29. The molecule has 100 valence electrons. The molecule has 2 rings (SSSR count). The molecule has 2 heterocycles. The second-order valence-electron chi connectivity index (χ2n) is 4.46. The van der Waals surface area contributed by atoms with Gasteiger partial charge in [-0.3, -0.25) is 4.79 Å². The van der Waals surface area contributed by atoms with Gasteiger partial charge in [0.1, 0.15) is 11.6 Å². The predicted octanol–water partition coefficient (Wildman–Crippen LogP) is 2.28. The molecular formula is C13H16N4OS. The van der Waals surface area contributed by atoms with Crippen LogP contribution in [0.25, 0.3) is 0 Å². The Morgan fingerprint density at radius 3 is 2.84 bits per heavy atom. The highest BCUT2D eigenvalue weighted by Gasteiger charge is 2.20. The fourth-order valence-corrected chi connectivity index (χ4v) is 2.62. The minimum Gasteiger partial charge on any atom is -0.338 e. The lowest BCUT2D eigenvalue weighted by atomic mass is 10.1. The zero-order valence-corrected chi connectivity index (χ0v) is 11.7. The summed E-state index contributed by atoms with van der Waals surface area (Å²) in [5, 5.41) is 14.6. The van der Waals surface area contributed by atoms with Crippen LogP contribution in [0.1, 0.15) is 25.0 Å². The van der Waals surface area contributed by atoms with Crippen molar-refractivity contribution >= 4 is 22.4 Å². The first kappa shape index (κ1) is 13.6. The van der Waals surface area contributed by atoms with Gasteiger partial charge in [-0.1, -0.05) is 0 Å². The number of aromatic nitrogens is 1. The van der Waals surface area contributed by atoms with Gasteiger partial charge in [-0.15, -0.1) is 11.3 Å². The molecule has 19 heavy (non-hydrogen) atoms. The summed E-state index contributed by atoms with van der Waals surface area (Å²) in [5.41, 5.74) is 1.05. The van der Waals surface area contributed by atoms with Crippen molar-refractivity contribution in [3.63, 3.8) is 0 Å². The van der Waals surface area contributed by atoms with E-state index in [9.17, 15) is 4.79 Å². The molecule has 0 bridgehead atoms. The number of amides is 1. The van der Waals surface area contributed by atoms with Crippen LogP contribution in [0.3, 0.4) is 0 Å². The van der Waals surface area contributed by atoms with Crippen LogP contribution < -0.4 is 5.32 Å². The van der Waals surface area contributed by atoms with E-state index in [1.165, 1.54) is 17.5 Å². The quantitative estimate of drug-likeness (QED) is 0.679. The van der Waals surface area contributed by atoms with Crippen molar-refractivity contribution in [3.05, 3.63) is 22.8 Å². The number of hydrogen-bond donors (Lipinski definition) is 1. The number of thiazole rings is 1. The number of aryl methyl sites for hydroxylation is 1. The number of likely N-dealkylation sites (tertiary alicyclic amines) is 1. The van der Waals surface area contributed by atoms with E-state index in [0.29, 0.717) is 5.13 Å². The van der Waals surface area contributed by atoms with Crippen LogP contribution in [0.15, 0.2) is 17.2 Å². The van der Waals surface area contributed by atoms with Crippen LogP contribution in [0.5, 0.6) is 0 Å². The number of hydrogen-bond acceptors (Lipinski definition) is 5. The molecule has 0 saturated carbocycles. The minimum absolute atomic E-state index is 0.134. The monoisotopic (exact) mass is 276 g/mol. The Morgan fingerprint density at radius 2 is 2.26 bits per heavy atom. The maximum Gasteiger partial charge on any atom is 0.266 e. The first-order valence-corrected chi connectivity index (χ1v) is 7.17. The molecular weight excluding hydrogens is 260 g/mol. The molecule has 5 nitrogen and oxygen atoms in total. The molecule has 1 aliphatic heterocycles. The van der Waals surface area contributed by atoms with E-state index < -0.39 is 0 Å². The highest BCUT2D eigenvalue weighted by Crippen LogP contribution is 2.16. The lowest BCUT2D eigenvalue weighted by Crippen LogP contribution is -2.36. The fraction of sp³-hybridized carbons (Fsp3) is 0.462. The topological polar surface area (TPSA) is 69.0 Å². The SMILES string of the molecule is Cc1csc(N/C=C(/C#N)C(=O)N2CCCCC2)n1. The lowest BCUT2D eigenvalue weighted by Gasteiger charge is -2.26. The Labute approximate surface area is 116 Å². The summed E-state index contributed by atoms with van der Waals surface area (Å²) in [6.07, 6.45) is 4.65. The Kier molecular flexibility index (Phi) is 4.53. The van der Waals surface area contributed by atoms with E-state index >= 15 is 0 Å². The molecule has 0 spiro atoms. The highest BCUT2D eigenvalue weighted by molar-refractivity contribution is 7.13. The average Bonchev–Trinajstić information content (AvgIpc) is 2.86. The van der Waals surface area contributed by atoms with Crippen molar-refractivity contribution < 1.29 is 4.79 Å². The number of anilines is 1. The summed E-state index contributed by atoms with van der Waals surface area (Å²) in [6, 6.07) is 1.96. The van der Waals surface area contributed by atoms with Crippen LogP contribution in [-0.2, 0) is 4.79 Å². The normalized spacial score (nSPS) is 16.0. The Bertz CT molecular complexity index is 523. The van der Waals surface area contributed by atoms with Crippen molar-refractivity contribution in [1.82, 2.24) is 9.88 Å². The number of nitriles is 1. The molecule has 1 aromatic rings. The molecule has 1 amide bonds. The van der Waals surface area contributed by atoms with Gasteiger partial charge >= 0.3 is 0 Å². The van der Waals surface area contributed by atoms with Gasteiger partial charge in [0.25, 0.3) is 5.91 Å². The molecule has 0 unspecified atom stereocenters. The lowest BCUT2D eigenvalue weighted by molar-refractivity contribution is -0.127. The van der Waals surface area contributed by atoms with Crippen molar-refractivity contribution in [2.24, 2.45) is 0 Å². The molecule has 0 aliphatic carbocycles. The molecule has 6 heteroatoms. The van der Waals surface area contributed by atoms with Gasteiger partial charge in [-0.05, 0) is 26.2 Å². The number of nitrogens with one attached hydrogen (secondary N) is 1. The highest BCUT2D eigenvalue weighted by atomic mass is 32.1. The number of rotatable bonds is 3. The van der Waals surface area contributed by atoms with Gasteiger partial charge < -0.3 is 10.2 Å².